The predicted octanol–water partition coefficient (Wildman–Crippen LogP) is 2.73. The van der Waals surface area contributed by atoms with Gasteiger partial charge in [0.05, 0.1) is 17.1 Å². The lowest BCUT2D eigenvalue weighted by molar-refractivity contribution is -0.115. The van der Waals surface area contributed by atoms with Crippen LogP contribution in [0.5, 0.6) is 5.75 Å². The van der Waals surface area contributed by atoms with E-state index in [-0.39, 0.29) is 10.7 Å². The van der Waals surface area contributed by atoms with Crippen LogP contribution in [0.4, 0.5) is 5.82 Å². The number of aromatic nitrogens is 1. The summed E-state index contributed by atoms with van der Waals surface area (Å²) in [6.45, 7) is 1.77. The molecule has 1 aliphatic carbocycles. The number of halogens is 1. The number of alkyl halides is 1. The fourth-order valence-electron chi connectivity index (χ4n) is 1.43. The highest BCUT2D eigenvalue weighted by Gasteiger charge is 2.19. The van der Waals surface area contributed by atoms with Gasteiger partial charge in [0, 0.05) is 0 Å². The summed E-state index contributed by atoms with van der Waals surface area (Å²) in [6, 6.07) is 3.58. The number of amides is 1. The van der Waals surface area contributed by atoms with E-state index in [1.807, 2.05) is 6.07 Å². The Hall–Kier alpha value is -1.10. The van der Waals surface area contributed by atoms with Crippen LogP contribution in [0, 0.1) is 0 Å². The molecule has 0 aromatic carbocycles. The van der Waals surface area contributed by atoms with Crippen molar-refractivity contribution in [1.82, 2.24) is 4.98 Å². The van der Waals surface area contributed by atoms with Crippen LogP contribution >= 0.6 is 15.9 Å². The highest BCUT2D eigenvalue weighted by Crippen LogP contribution is 2.25. The van der Waals surface area contributed by atoms with Crippen molar-refractivity contribution >= 4 is 27.7 Å². The first-order valence-corrected chi connectivity index (χ1v) is 6.64. The maximum Gasteiger partial charge on any atom is 0.239 e. The first kappa shape index (κ1) is 12.4. The summed E-state index contributed by atoms with van der Waals surface area (Å²) in [7, 11) is 0. The minimum Gasteiger partial charge on any atom is -0.489 e. The Bertz CT molecular complexity index is 388. The van der Waals surface area contributed by atoms with Crippen molar-refractivity contribution in [3.8, 4) is 5.75 Å². The van der Waals surface area contributed by atoms with Crippen LogP contribution in [-0.2, 0) is 4.79 Å². The van der Waals surface area contributed by atoms with E-state index in [4.69, 9.17) is 4.74 Å². The van der Waals surface area contributed by atoms with Crippen molar-refractivity contribution in [1.29, 1.82) is 0 Å². The van der Waals surface area contributed by atoms with Crippen molar-refractivity contribution < 1.29 is 9.53 Å². The van der Waals surface area contributed by atoms with Crippen LogP contribution in [0.1, 0.15) is 26.2 Å². The lowest BCUT2D eigenvalue weighted by atomic mass is 9.96. The lowest BCUT2D eigenvalue weighted by Gasteiger charge is -2.26. The van der Waals surface area contributed by atoms with Crippen molar-refractivity contribution in [3.05, 3.63) is 18.3 Å². The van der Waals surface area contributed by atoms with Crippen LogP contribution in [0.2, 0.25) is 0 Å². The molecule has 1 fully saturated rings. The van der Waals surface area contributed by atoms with Gasteiger partial charge in [-0.1, -0.05) is 15.9 Å². The molecule has 1 aromatic heterocycles. The Morgan fingerprint density at radius 2 is 2.35 bits per heavy atom. The van der Waals surface area contributed by atoms with Crippen molar-refractivity contribution in [3.63, 3.8) is 0 Å². The van der Waals surface area contributed by atoms with E-state index in [1.165, 1.54) is 6.42 Å². The van der Waals surface area contributed by atoms with Gasteiger partial charge in [-0.15, -0.1) is 0 Å². The summed E-state index contributed by atoms with van der Waals surface area (Å²) in [4.78, 5) is 15.3. The first-order valence-electron chi connectivity index (χ1n) is 5.73. The van der Waals surface area contributed by atoms with Crippen molar-refractivity contribution in [2.75, 3.05) is 5.32 Å². The smallest absolute Gasteiger partial charge is 0.239 e. The number of hydrogen-bond acceptors (Lipinski definition) is 3. The topological polar surface area (TPSA) is 51.2 Å². The van der Waals surface area contributed by atoms with Gasteiger partial charge in [-0.3, -0.25) is 4.79 Å². The number of carbonyl (C=O) groups is 1. The molecule has 0 spiro atoms. The molecule has 1 aliphatic rings. The summed E-state index contributed by atoms with van der Waals surface area (Å²) < 4.78 is 5.67. The molecule has 5 heteroatoms. The van der Waals surface area contributed by atoms with E-state index < -0.39 is 0 Å². The van der Waals surface area contributed by atoms with Crippen LogP contribution in [0.3, 0.4) is 0 Å². The molecule has 0 bridgehead atoms. The number of nitrogens with one attached hydrogen (secondary N) is 1. The van der Waals surface area contributed by atoms with E-state index in [9.17, 15) is 4.79 Å². The van der Waals surface area contributed by atoms with Gasteiger partial charge in [0.1, 0.15) is 11.6 Å². The number of hydrogen-bond donors (Lipinski definition) is 1. The van der Waals surface area contributed by atoms with Gasteiger partial charge < -0.3 is 10.1 Å². The number of pyridine rings is 1. The van der Waals surface area contributed by atoms with Gasteiger partial charge in [-0.25, -0.2) is 4.98 Å². The Kier molecular flexibility index (Phi) is 3.99. The molecular formula is C12H15BrN2O2. The second kappa shape index (κ2) is 5.49. The molecule has 2 rings (SSSR count). The molecule has 0 radical (unpaired) electrons. The number of ether oxygens (including phenoxy) is 1. The third-order valence-electron chi connectivity index (χ3n) is 2.70. The third kappa shape index (κ3) is 3.43. The zero-order valence-electron chi connectivity index (χ0n) is 9.65. The summed E-state index contributed by atoms with van der Waals surface area (Å²) in [5.74, 6) is 1.20. The summed E-state index contributed by atoms with van der Waals surface area (Å²) in [5.41, 5.74) is 0. The average molecular weight is 299 g/mol. The predicted molar refractivity (Wildman–Crippen MR) is 69.5 cm³/mol. The van der Waals surface area contributed by atoms with Gasteiger partial charge in [0.15, 0.2) is 0 Å². The Balaban J connectivity index is 1.90. The number of nitrogens with zero attached hydrogens (tertiary/aromatic N) is 1. The molecule has 1 N–H and O–H groups in total. The minimum absolute atomic E-state index is 0.106. The zero-order chi connectivity index (χ0) is 12.3. The highest BCUT2D eigenvalue weighted by atomic mass is 79.9. The SMILES string of the molecule is CC(Br)C(=O)Nc1ccc(OC2CCC2)cn1. The van der Waals surface area contributed by atoms with Gasteiger partial charge >= 0.3 is 0 Å². The Morgan fingerprint density at radius 1 is 1.59 bits per heavy atom. The number of anilines is 1. The molecule has 17 heavy (non-hydrogen) atoms. The monoisotopic (exact) mass is 298 g/mol. The average Bonchev–Trinajstić information content (AvgIpc) is 2.25. The number of rotatable bonds is 4. The fraction of sp³-hybridized carbons (Fsp3) is 0.500. The van der Waals surface area contributed by atoms with Gasteiger partial charge in [-0.05, 0) is 38.3 Å². The Labute approximate surface area is 109 Å². The molecule has 0 saturated heterocycles. The van der Waals surface area contributed by atoms with Crippen LogP contribution in [0.15, 0.2) is 18.3 Å². The van der Waals surface area contributed by atoms with Gasteiger partial charge in [-0.2, -0.15) is 0 Å². The molecule has 1 atom stereocenters. The molecule has 1 unspecified atom stereocenters. The van der Waals surface area contributed by atoms with E-state index in [2.05, 4.69) is 26.2 Å². The maximum absolute atomic E-state index is 11.4. The first-order chi connectivity index (χ1) is 8.15. The molecule has 4 nitrogen and oxygen atoms in total. The van der Waals surface area contributed by atoms with Gasteiger partial charge in [0.2, 0.25) is 5.91 Å². The molecule has 92 valence electrons. The second-order valence-corrected chi connectivity index (χ2v) is 5.53. The highest BCUT2D eigenvalue weighted by molar-refractivity contribution is 9.10. The van der Waals surface area contributed by atoms with Crippen LogP contribution in [-0.4, -0.2) is 21.8 Å². The quantitative estimate of drug-likeness (QED) is 0.870. The molecule has 1 heterocycles. The molecule has 1 amide bonds. The van der Waals surface area contributed by atoms with Crippen LogP contribution < -0.4 is 10.1 Å². The normalized spacial score (nSPS) is 17.1. The van der Waals surface area contributed by atoms with Crippen molar-refractivity contribution in [2.24, 2.45) is 0 Å². The maximum atomic E-state index is 11.4. The Morgan fingerprint density at radius 3 is 2.82 bits per heavy atom. The second-order valence-electron chi connectivity index (χ2n) is 4.16. The van der Waals surface area contributed by atoms with E-state index in [0.717, 1.165) is 18.6 Å². The molecular weight excluding hydrogens is 284 g/mol. The molecule has 1 aromatic rings. The lowest BCUT2D eigenvalue weighted by Crippen LogP contribution is -2.24. The van der Waals surface area contributed by atoms with E-state index in [1.54, 1.807) is 19.2 Å². The fourth-order valence-corrected chi connectivity index (χ4v) is 1.55. The largest absolute Gasteiger partial charge is 0.489 e. The number of carbonyl (C=O) groups excluding carboxylic acids is 1. The third-order valence-corrected chi connectivity index (χ3v) is 3.12. The standard InChI is InChI=1S/C12H15BrN2O2/c1-8(13)12(16)15-11-6-5-10(7-14-11)17-9-3-2-4-9/h5-9H,2-4H2,1H3,(H,14,15,16). The molecule has 1 saturated carbocycles. The van der Waals surface area contributed by atoms with E-state index >= 15 is 0 Å². The van der Waals surface area contributed by atoms with Crippen molar-refractivity contribution in [2.45, 2.75) is 37.1 Å². The zero-order valence-corrected chi connectivity index (χ0v) is 11.2. The summed E-state index contributed by atoms with van der Waals surface area (Å²) in [5, 5.41) is 2.70. The molecule has 0 aliphatic heterocycles. The summed E-state index contributed by atoms with van der Waals surface area (Å²) in [6.07, 6.45) is 5.49. The summed E-state index contributed by atoms with van der Waals surface area (Å²) >= 11 is 3.20. The minimum atomic E-state index is -0.227. The van der Waals surface area contributed by atoms with E-state index in [0.29, 0.717) is 11.9 Å². The van der Waals surface area contributed by atoms with Crippen LogP contribution in [0.25, 0.3) is 0 Å². The van der Waals surface area contributed by atoms with Gasteiger partial charge in [0.25, 0.3) is 0 Å².